The van der Waals surface area contributed by atoms with E-state index >= 15 is 0 Å². The van der Waals surface area contributed by atoms with Crippen molar-refractivity contribution in [1.82, 2.24) is 0 Å². The molecule has 21 heavy (non-hydrogen) atoms. The van der Waals surface area contributed by atoms with Gasteiger partial charge >= 0.3 is 0 Å². The first-order valence-electron chi connectivity index (χ1n) is 7.43. The topological polar surface area (TPSA) is 20.2 Å². The molecule has 2 aromatic carbocycles. The predicted molar refractivity (Wildman–Crippen MR) is 92.0 cm³/mol. The van der Waals surface area contributed by atoms with E-state index in [2.05, 4.69) is 67.0 Å². The summed E-state index contributed by atoms with van der Waals surface area (Å²) in [6.07, 6.45) is 0.488. The van der Waals surface area contributed by atoms with Gasteiger partial charge in [-0.2, -0.15) is 0 Å². The molecule has 1 aliphatic rings. The molecular formula is C19H21BrO. The lowest BCUT2D eigenvalue weighted by atomic mass is 9.86. The summed E-state index contributed by atoms with van der Waals surface area (Å²) in [5.74, 6) is 0. The van der Waals surface area contributed by atoms with E-state index < -0.39 is 6.10 Å². The number of aliphatic hydroxyl groups is 1. The van der Waals surface area contributed by atoms with Gasteiger partial charge in [0.15, 0.2) is 0 Å². The Kier molecular flexibility index (Phi) is 3.71. The van der Waals surface area contributed by atoms with Gasteiger partial charge in [-0.3, -0.25) is 0 Å². The van der Waals surface area contributed by atoms with Crippen molar-refractivity contribution in [3.63, 3.8) is 0 Å². The molecule has 0 spiro atoms. The standard InChI is InChI=1S/C19H21BrO/c1-19(2,3)13-9-7-12(8-10-13)14-5-4-6-15-16(14)11-17(20)18(15)21/h4-10,17-18,21H,11H2,1-3H3. The van der Waals surface area contributed by atoms with Crippen molar-refractivity contribution in [1.29, 1.82) is 0 Å². The Balaban J connectivity index is 2.03. The number of hydrogen-bond donors (Lipinski definition) is 1. The Bertz CT molecular complexity index is 652. The highest BCUT2D eigenvalue weighted by Gasteiger charge is 2.30. The van der Waals surface area contributed by atoms with Gasteiger partial charge in [0.2, 0.25) is 0 Å². The molecule has 0 bridgehead atoms. The number of alkyl halides is 1. The van der Waals surface area contributed by atoms with Gasteiger partial charge in [-0.15, -0.1) is 0 Å². The summed E-state index contributed by atoms with van der Waals surface area (Å²) in [4.78, 5) is 0.127. The van der Waals surface area contributed by atoms with Crippen LogP contribution in [0.25, 0.3) is 11.1 Å². The molecule has 0 saturated heterocycles. The number of hydrogen-bond acceptors (Lipinski definition) is 1. The van der Waals surface area contributed by atoms with Gasteiger partial charge in [-0.25, -0.2) is 0 Å². The van der Waals surface area contributed by atoms with Crippen molar-refractivity contribution in [2.45, 2.75) is 43.5 Å². The van der Waals surface area contributed by atoms with Crippen molar-refractivity contribution in [2.24, 2.45) is 0 Å². The maximum absolute atomic E-state index is 10.2. The largest absolute Gasteiger partial charge is 0.387 e. The fourth-order valence-corrected chi connectivity index (χ4v) is 3.64. The molecule has 2 unspecified atom stereocenters. The molecule has 0 radical (unpaired) electrons. The second-order valence-corrected chi connectivity index (χ2v) is 8.04. The number of fused-ring (bicyclic) bond motifs is 1. The van der Waals surface area contributed by atoms with Crippen LogP contribution in [0.5, 0.6) is 0 Å². The van der Waals surface area contributed by atoms with Crippen molar-refractivity contribution in [3.05, 3.63) is 59.2 Å². The van der Waals surface area contributed by atoms with Gasteiger partial charge in [0.05, 0.1) is 6.10 Å². The first-order valence-corrected chi connectivity index (χ1v) is 8.34. The quantitative estimate of drug-likeness (QED) is 0.721. The van der Waals surface area contributed by atoms with Crippen LogP contribution >= 0.6 is 15.9 Å². The Hall–Kier alpha value is -1.12. The lowest BCUT2D eigenvalue weighted by molar-refractivity contribution is 0.187. The van der Waals surface area contributed by atoms with Crippen LogP contribution in [0.1, 0.15) is 43.6 Å². The summed E-state index contributed by atoms with van der Waals surface area (Å²) in [5.41, 5.74) is 6.33. The van der Waals surface area contributed by atoms with Crippen LogP contribution < -0.4 is 0 Å². The minimum atomic E-state index is -0.395. The Morgan fingerprint density at radius 1 is 1.05 bits per heavy atom. The van der Waals surface area contributed by atoms with Gasteiger partial charge in [-0.1, -0.05) is 79.2 Å². The van der Waals surface area contributed by atoms with Gasteiger partial charge in [0.25, 0.3) is 0 Å². The average molecular weight is 345 g/mol. The van der Waals surface area contributed by atoms with E-state index in [1.165, 1.54) is 22.3 Å². The summed E-state index contributed by atoms with van der Waals surface area (Å²) in [7, 11) is 0. The fraction of sp³-hybridized carbons (Fsp3) is 0.368. The molecule has 0 aromatic heterocycles. The molecule has 3 rings (SSSR count). The van der Waals surface area contributed by atoms with Gasteiger partial charge in [0.1, 0.15) is 0 Å². The maximum atomic E-state index is 10.2. The normalized spacial score (nSPS) is 21.4. The first-order chi connectivity index (χ1) is 9.88. The lowest BCUT2D eigenvalue weighted by Crippen LogP contribution is -2.10. The number of halogens is 1. The predicted octanol–water partition coefficient (Wildman–Crippen LogP) is 5.00. The van der Waals surface area contributed by atoms with Crippen LogP contribution in [0.3, 0.4) is 0 Å². The molecule has 2 atom stereocenters. The lowest BCUT2D eigenvalue weighted by Gasteiger charge is -2.19. The van der Waals surface area contributed by atoms with E-state index in [0.29, 0.717) is 0 Å². The molecule has 2 heteroatoms. The third-order valence-electron chi connectivity index (χ3n) is 4.33. The van der Waals surface area contributed by atoms with Crippen molar-refractivity contribution in [3.8, 4) is 11.1 Å². The molecule has 1 nitrogen and oxygen atoms in total. The Labute approximate surface area is 135 Å². The van der Waals surface area contributed by atoms with Crippen LogP contribution in [0.15, 0.2) is 42.5 Å². The zero-order chi connectivity index (χ0) is 15.2. The zero-order valence-corrected chi connectivity index (χ0v) is 14.3. The minimum Gasteiger partial charge on any atom is -0.387 e. The maximum Gasteiger partial charge on any atom is 0.0921 e. The van der Waals surface area contributed by atoms with Crippen LogP contribution in [-0.4, -0.2) is 9.93 Å². The van der Waals surface area contributed by atoms with Crippen molar-refractivity contribution < 1.29 is 5.11 Å². The molecule has 2 aromatic rings. The van der Waals surface area contributed by atoms with Gasteiger partial charge in [-0.05, 0) is 39.7 Å². The second-order valence-electron chi connectivity index (χ2n) is 6.87. The molecule has 0 amide bonds. The number of benzene rings is 2. The summed E-state index contributed by atoms with van der Waals surface area (Å²) >= 11 is 3.58. The molecular weight excluding hydrogens is 324 g/mol. The van der Waals surface area contributed by atoms with Gasteiger partial charge in [0, 0.05) is 4.83 Å². The third kappa shape index (κ3) is 2.67. The highest BCUT2D eigenvalue weighted by Crippen LogP contribution is 2.41. The Morgan fingerprint density at radius 2 is 1.71 bits per heavy atom. The van der Waals surface area contributed by atoms with Crippen LogP contribution in [-0.2, 0) is 11.8 Å². The highest BCUT2D eigenvalue weighted by atomic mass is 79.9. The van der Waals surface area contributed by atoms with E-state index in [1.54, 1.807) is 0 Å². The number of rotatable bonds is 1. The molecule has 110 valence electrons. The van der Waals surface area contributed by atoms with Crippen molar-refractivity contribution in [2.75, 3.05) is 0 Å². The average Bonchev–Trinajstić information content (AvgIpc) is 2.74. The first kappa shape index (κ1) is 14.8. The van der Waals surface area contributed by atoms with Gasteiger partial charge < -0.3 is 5.11 Å². The van der Waals surface area contributed by atoms with E-state index in [9.17, 15) is 5.11 Å². The third-order valence-corrected chi connectivity index (χ3v) is 5.16. The summed E-state index contributed by atoms with van der Waals surface area (Å²) in [6, 6.07) is 15.1. The molecule has 0 heterocycles. The summed E-state index contributed by atoms with van der Waals surface area (Å²) in [5, 5.41) is 10.2. The molecule has 1 N–H and O–H groups in total. The minimum absolute atomic E-state index is 0.127. The molecule has 0 aliphatic heterocycles. The zero-order valence-electron chi connectivity index (χ0n) is 12.7. The SMILES string of the molecule is CC(C)(C)c1ccc(-c2cccc3c2CC(Br)C3O)cc1. The summed E-state index contributed by atoms with van der Waals surface area (Å²) in [6.45, 7) is 6.69. The van der Waals surface area contributed by atoms with Crippen molar-refractivity contribution >= 4 is 15.9 Å². The van der Waals surface area contributed by atoms with E-state index in [4.69, 9.17) is 0 Å². The van der Waals surface area contributed by atoms with Crippen LogP contribution in [0.4, 0.5) is 0 Å². The molecule has 0 saturated carbocycles. The van der Waals surface area contributed by atoms with E-state index in [1.807, 2.05) is 12.1 Å². The van der Waals surface area contributed by atoms with E-state index in [-0.39, 0.29) is 10.2 Å². The van der Waals surface area contributed by atoms with Crippen LogP contribution in [0.2, 0.25) is 0 Å². The highest BCUT2D eigenvalue weighted by molar-refractivity contribution is 9.09. The smallest absolute Gasteiger partial charge is 0.0921 e. The number of aliphatic hydroxyl groups excluding tert-OH is 1. The molecule has 1 aliphatic carbocycles. The van der Waals surface area contributed by atoms with Crippen LogP contribution in [0, 0.1) is 0 Å². The second kappa shape index (κ2) is 5.26. The Morgan fingerprint density at radius 3 is 2.33 bits per heavy atom. The molecule has 0 fully saturated rings. The fourth-order valence-electron chi connectivity index (χ4n) is 3.03. The van der Waals surface area contributed by atoms with E-state index in [0.717, 1.165) is 12.0 Å². The monoisotopic (exact) mass is 344 g/mol. The summed E-state index contributed by atoms with van der Waals surface area (Å²) < 4.78 is 0.